The number of hydrogen-bond acceptors (Lipinski definition) is 3. The van der Waals surface area contributed by atoms with Crippen LogP contribution < -0.4 is 5.19 Å². The van der Waals surface area contributed by atoms with E-state index in [1.54, 1.807) is 12.7 Å². The summed E-state index contributed by atoms with van der Waals surface area (Å²) in [6, 6.07) is 10.5. The second kappa shape index (κ2) is 5.26. The third-order valence-electron chi connectivity index (χ3n) is 2.85. The molecule has 0 spiro atoms. The number of hydrogen-bond donors (Lipinski definition) is 0. The van der Waals surface area contributed by atoms with Gasteiger partial charge < -0.3 is 4.43 Å². The molecular formula is C14H21N3OSi. The lowest BCUT2D eigenvalue weighted by Gasteiger charge is -2.35. The second-order valence-corrected chi connectivity index (χ2v) is 9.46. The van der Waals surface area contributed by atoms with Crippen LogP contribution in [0.4, 0.5) is 0 Å². The lowest BCUT2D eigenvalue weighted by molar-refractivity contribution is 0.120. The molecule has 1 unspecified atom stereocenters. The number of aromatic nitrogens is 3. The number of nitrogens with zero attached hydrogens (tertiary/aromatic N) is 3. The molecule has 1 aromatic heterocycles. The highest BCUT2D eigenvalue weighted by atomic mass is 28.4. The van der Waals surface area contributed by atoms with E-state index in [-0.39, 0.29) is 5.60 Å². The summed E-state index contributed by atoms with van der Waals surface area (Å²) in [5.41, 5.74) is -0.169. The molecule has 0 radical (unpaired) electrons. The Labute approximate surface area is 115 Å². The average molecular weight is 275 g/mol. The van der Waals surface area contributed by atoms with Gasteiger partial charge in [0.25, 0.3) is 0 Å². The van der Waals surface area contributed by atoms with E-state index in [0.29, 0.717) is 0 Å². The topological polar surface area (TPSA) is 39.9 Å². The van der Waals surface area contributed by atoms with Crippen molar-refractivity contribution in [3.05, 3.63) is 43.0 Å². The standard InChI is InChI=1S/C14H21N3OSi/c1-14(2,3)18-19(4,12-17-11-15-10-16-17)13-8-6-5-7-9-13/h5-11H,12H2,1-4H3. The maximum Gasteiger partial charge on any atom is 0.243 e. The van der Waals surface area contributed by atoms with Crippen LogP contribution >= 0.6 is 0 Å². The Morgan fingerprint density at radius 2 is 1.89 bits per heavy atom. The summed E-state index contributed by atoms with van der Waals surface area (Å²) in [7, 11) is -2.11. The molecule has 4 nitrogen and oxygen atoms in total. The minimum atomic E-state index is -2.11. The minimum absolute atomic E-state index is 0.169. The second-order valence-electron chi connectivity index (χ2n) is 5.90. The fourth-order valence-electron chi connectivity index (χ4n) is 2.27. The van der Waals surface area contributed by atoms with Gasteiger partial charge in [0.2, 0.25) is 8.32 Å². The van der Waals surface area contributed by atoms with Gasteiger partial charge in [-0.3, -0.25) is 4.68 Å². The quantitative estimate of drug-likeness (QED) is 0.802. The molecule has 0 saturated carbocycles. The SMILES string of the molecule is CC(C)(C)O[Si](C)(Cn1cncn1)c1ccccc1. The van der Waals surface area contributed by atoms with Gasteiger partial charge in [-0.2, -0.15) is 5.10 Å². The van der Waals surface area contributed by atoms with Gasteiger partial charge in [0, 0.05) is 5.60 Å². The molecule has 1 atom stereocenters. The summed E-state index contributed by atoms with van der Waals surface area (Å²) >= 11 is 0. The highest BCUT2D eigenvalue weighted by Gasteiger charge is 2.36. The Morgan fingerprint density at radius 3 is 2.42 bits per heavy atom. The van der Waals surface area contributed by atoms with Gasteiger partial charge in [0.15, 0.2) is 0 Å². The molecule has 19 heavy (non-hydrogen) atoms. The molecule has 5 heteroatoms. The zero-order valence-corrected chi connectivity index (χ0v) is 13.0. The molecule has 0 amide bonds. The third-order valence-corrected chi connectivity index (χ3v) is 6.39. The molecule has 0 N–H and O–H groups in total. The molecule has 2 rings (SSSR count). The van der Waals surface area contributed by atoms with Crippen LogP contribution in [0.3, 0.4) is 0 Å². The molecule has 0 aliphatic heterocycles. The Morgan fingerprint density at radius 1 is 1.21 bits per heavy atom. The van der Waals surface area contributed by atoms with Crippen molar-refractivity contribution in [2.45, 2.75) is 39.1 Å². The monoisotopic (exact) mass is 275 g/mol. The maximum absolute atomic E-state index is 6.43. The van der Waals surface area contributed by atoms with Gasteiger partial charge in [-0.25, -0.2) is 4.98 Å². The van der Waals surface area contributed by atoms with Crippen molar-refractivity contribution in [3.8, 4) is 0 Å². The van der Waals surface area contributed by atoms with Crippen LogP contribution in [-0.2, 0) is 10.6 Å². The van der Waals surface area contributed by atoms with E-state index in [4.69, 9.17) is 4.43 Å². The maximum atomic E-state index is 6.43. The summed E-state index contributed by atoms with van der Waals surface area (Å²) in [5.74, 6) is 0. The molecule has 0 aliphatic rings. The van der Waals surface area contributed by atoms with Crippen molar-refractivity contribution in [1.29, 1.82) is 0 Å². The molecule has 0 aliphatic carbocycles. The molecule has 0 saturated heterocycles. The first-order valence-electron chi connectivity index (χ1n) is 6.47. The normalized spacial score (nSPS) is 15.2. The Hall–Kier alpha value is -1.46. The van der Waals surface area contributed by atoms with Crippen molar-refractivity contribution < 1.29 is 4.43 Å². The van der Waals surface area contributed by atoms with Crippen LogP contribution in [0.5, 0.6) is 0 Å². The smallest absolute Gasteiger partial charge is 0.243 e. The highest BCUT2D eigenvalue weighted by Crippen LogP contribution is 2.18. The first-order valence-corrected chi connectivity index (χ1v) is 9.09. The molecule has 2 aromatic rings. The van der Waals surface area contributed by atoms with E-state index >= 15 is 0 Å². The van der Waals surface area contributed by atoms with E-state index in [9.17, 15) is 0 Å². The lowest BCUT2D eigenvalue weighted by atomic mass is 10.2. The molecular weight excluding hydrogens is 254 g/mol. The first kappa shape index (κ1) is 14.0. The van der Waals surface area contributed by atoms with Crippen molar-refractivity contribution in [2.24, 2.45) is 0 Å². The van der Waals surface area contributed by atoms with Crippen LogP contribution in [0.25, 0.3) is 0 Å². The summed E-state index contributed by atoms with van der Waals surface area (Å²) in [5, 5.41) is 5.50. The Kier molecular flexibility index (Phi) is 3.87. The summed E-state index contributed by atoms with van der Waals surface area (Å²) < 4.78 is 8.30. The number of benzene rings is 1. The van der Waals surface area contributed by atoms with E-state index < -0.39 is 8.32 Å². The Balaban J connectivity index is 2.32. The van der Waals surface area contributed by atoms with Crippen molar-refractivity contribution in [1.82, 2.24) is 14.8 Å². The average Bonchev–Trinajstić information content (AvgIpc) is 2.80. The van der Waals surface area contributed by atoms with Crippen molar-refractivity contribution in [2.75, 3.05) is 0 Å². The fraction of sp³-hybridized carbons (Fsp3) is 0.429. The number of rotatable bonds is 4. The summed E-state index contributed by atoms with van der Waals surface area (Å²) in [6.45, 7) is 8.53. The molecule has 1 aromatic carbocycles. The van der Waals surface area contributed by atoms with Gasteiger partial charge >= 0.3 is 0 Å². The van der Waals surface area contributed by atoms with Crippen LogP contribution in [-0.4, -0.2) is 28.7 Å². The van der Waals surface area contributed by atoms with Gasteiger partial charge in [0.05, 0.1) is 6.17 Å². The summed E-state index contributed by atoms with van der Waals surface area (Å²) in [4.78, 5) is 4.02. The third kappa shape index (κ3) is 3.75. The first-order chi connectivity index (χ1) is 8.89. The fourth-order valence-corrected chi connectivity index (χ4v) is 5.67. The van der Waals surface area contributed by atoms with Crippen LogP contribution in [0, 0.1) is 0 Å². The van der Waals surface area contributed by atoms with E-state index in [2.05, 4.69) is 61.7 Å². The molecule has 1 heterocycles. The highest BCUT2D eigenvalue weighted by molar-refractivity contribution is 6.84. The van der Waals surface area contributed by atoms with Gasteiger partial charge in [-0.15, -0.1) is 0 Å². The van der Waals surface area contributed by atoms with Gasteiger partial charge in [0.1, 0.15) is 12.7 Å². The predicted molar refractivity (Wildman–Crippen MR) is 78.6 cm³/mol. The minimum Gasteiger partial charge on any atom is -0.406 e. The molecule has 0 fully saturated rings. The zero-order valence-electron chi connectivity index (χ0n) is 12.0. The summed E-state index contributed by atoms with van der Waals surface area (Å²) in [6.07, 6.45) is 4.09. The van der Waals surface area contributed by atoms with Crippen molar-refractivity contribution in [3.63, 3.8) is 0 Å². The van der Waals surface area contributed by atoms with Crippen molar-refractivity contribution >= 4 is 13.5 Å². The lowest BCUT2D eigenvalue weighted by Crippen LogP contribution is -2.55. The molecule has 0 bridgehead atoms. The van der Waals surface area contributed by atoms with Gasteiger partial charge in [-0.05, 0) is 32.5 Å². The van der Waals surface area contributed by atoms with Crippen LogP contribution in [0.1, 0.15) is 20.8 Å². The Bertz CT molecular complexity index is 507. The van der Waals surface area contributed by atoms with E-state index in [1.807, 2.05) is 10.7 Å². The molecule has 102 valence electrons. The predicted octanol–water partition coefficient (Wildman–Crippen LogP) is 2.11. The zero-order chi connectivity index (χ0) is 13.9. The largest absolute Gasteiger partial charge is 0.406 e. The van der Waals surface area contributed by atoms with Gasteiger partial charge in [-0.1, -0.05) is 30.3 Å². The van der Waals surface area contributed by atoms with Crippen LogP contribution in [0.15, 0.2) is 43.0 Å². The van der Waals surface area contributed by atoms with Crippen LogP contribution in [0.2, 0.25) is 6.55 Å². The van der Waals surface area contributed by atoms with E-state index in [1.165, 1.54) is 5.19 Å². The van der Waals surface area contributed by atoms with E-state index in [0.717, 1.165) is 6.17 Å².